The summed E-state index contributed by atoms with van der Waals surface area (Å²) in [6.45, 7) is 5.74. The van der Waals surface area contributed by atoms with E-state index in [9.17, 15) is 4.79 Å². The fourth-order valence-electron chi connectivity index (χ4n) is 3.67. The topological polar surface area (TPSA) is 72.3 Å². The lowest BCUT2D eigenvalue weighted by atomic mass is 9.96. The number of ether oxygens (including phenoxy) is 1. The molecule has 1 fully saturated rings. The predicted octanol–water partition coefficient (Wildman–Crippen LogP) is 3.81. The molecule has 8 heteroatoms. The number of aromatic nitrogens is 3. The lowest BCUT2D eigenvalue weighted by Crippen LogP contribution is -2.38. The van der Waals surface area contributed by atoms with Gasteiger partial charge in [0, 0.05) is 42.1 Å². The molecule has 0 atom stereocenters. The SMILES string of the molecule is COc1cccc(NC(=O)C2CCN(c3nnc(-n4c(C)ccc4C)s3)CC2)c1. The van der Waals surface area contributed by atoms with Gasteiger partial charge in [-0.05, 0) is 51.0 Å². The van der Waals surface area contributed by atoms with Crippen LogP contribution in [0.2, 0.25) is 0 Å². The minimum absolute atomic E-state index is 0.00113. The van der Waals surface area contributed by atoms with Gasteiger partial charge < -0.3 is 15.0 Å². The van der Waals surface area contributed by atoms with Gasteiger partial charge in [0.2, 0.25) is 16.2 Å². The maximum Gasteiger partial charge on any atom is 0.227 e. The van der Waals surface area contributed by atoms with Gasteiger partial charge in [0.05, 0.1) is 7.11 Å². The fourth-order valence-corrected chi connectivity index (χ4v) is 4.69. The first-order valence-electron chi connectivity index (χ1n) is 9.74. The number of amides is 1. The van der Waals surface area contributed by atoms with Crippen LogP contribution in [0.15, 0.2) is 36.4 Å². The summed E-state index contributed by atoms with van der Waals surface area (Å²) in [6, 6.07) is 11.6. The monoisotopic (exact) mass is 411 g/mol. The first kappa shape index (κ1) is 19.4. The first-order chi connectivity index (χ1) is 14.0. The molecule has 0 aliphatic carbocycles. The molecule has 3 heterocycles. The lowest BCUT2D eigenvalue weighted by molar-refractivity contribution is -0.120. The molecule has 1 aliphatic rings. The Labute approximate surface area is 174 Å². The average Bonchev–Trinajstić information content (AvgIpc) is 3.34. The highest BCUT2D eigenvalue weighted by molar-refractivity contribution is 7.17. The van der Waals surface area contributed by atoms with E-state index >= 15 is 0 Å². The summed E-state index contributed by atoms with van der Waals surface area (Å²) in [4.78, 5) is 14.9. The van der Waals surface area contributed by atoms with Crippen LogP contribution in [0.1, 0.15) is 24.2 Å². The molecule has 1 amide bonds. The minimum atomic E-state index is -0.00113. The van der Waals surface area contributed by atoms with E-state index in [0.29, 0.717) is 0 Å². The third-order valence-electron chi connectivity index (χ3n) is 5.34. The largest absolute Gasteiger partial charge is 0.497 e. The maximum absolute atomic E-state index is 12.6. The van der Waals surface area contributed by atoms with E-state index in [1.165, 1.54) is 0 Å². The number of anilines is 2. The number of carbonyl (C=O) groups is 1. The van der Waals surface area contributed by atoms with Crippen molar-refractivity contribution in [3.63, 3.8) is 0 Å². The molecule has 0 spiro atoms. The fraction of sp³-hybridized carbons (Fsp3) is 0.381. The number of carbonyl (C=O) groups excluding carboxylic acids is 1. The Kier molecular flexibility index (Phi) is 5.53. The van der Waals surface area contributed by atoms with Crippen LogP contribution in [0, 0.1) is 19.8 Å². The van der Waals surface area contributed by atoms with Crippen molar-refractivity contribution in [2.24, 2.45) is 5.92 Å². The zero-order valence-corrected chi connectivity index (χ0v) is 17.7. The van der Waals surface area contributed by atoms with Crippen molar-refractivity contribution in [1.29, 1.82) is 0 Å². The van der Waals surface area contributed by atoms with Gasteiger partial charge in [-0.1, -0.05) is 17.4 Å². The summed E-state index contributed by atoms with van der Waals surface area (Å²) in [7, 11) is 1.62. The first-order valence-corrected chi connectivity index (χ1v) is 10.6. The molecule has 7 nitrogen and oxygen atoms in total. The van der Waals surface area contributed by atoms with Crippen LogP contribution in [0.25, 0.3) is 5.13 Å². The van der Waals surface area contributed by atoms with E-state index in [1.807, 2.05) is 24.3 Å². The van der Waals surface area contributed by atoms with Crippen molar-refractivity contribution < 1.29 is 9.53 Å². The number of piperidine rings is 1. The molecule has 0 saturated carbocycles. The predicted molar refractivity (Wildman–Crippen MR) is 115 cm³/mol. The van der Waals surface area contributed by atoms with E-state index in [0.717, 1.165) is 59.0 Å². The normalized spacial score (nSPS) is 14.8. The van der Waals surface area contributed by atoms with E-state index in [2.05, 4.69) is 51.0 Å². The average molecular weight is 412 g/mol. The van der Waals surface area contributed by atoms with Crippen molar-refractivity contribution >= 4 is 28.1 Å². The smallest absolute Gasteiger partial charge is 0.227 e. The number of benzene rings is 1. The number of hydrogen-bond donors (Lipinski definition) is 1. The van der Waals surface area contributed by atoms with Gasteiger partial charge in [0.25, 0.3) is 0 Å². The summed E-state index contributed by atoms with van der Waals surface area (Å²) >= 11 is 1.59. The van der Waals surface area contributed by atoms with Crippen LogP contribution in [0.5, 0.6) is 5.75 Å². The van der Waals surface area contributed by atoms with Gasteiger partial charge in [0.15, 0.2) is 0 Å². The van der Waals surface area contributed by atoms with Gasteiger partial charge in [-0.25, -0.2) is 0 Å². The van der Waals surface area contributed by atoms with Gasteiger partial charge in [-0.3, -0.25) is 9.36 Å². The van der Waals surface area contributed by atoms with Crippen LogP contribution in [0.4, 0.5) is 10.8 Å². The third-order valence-corrected chi connectivity index (χ3v) is 6.31. The zero-order chi connectivity index (χ0) is 20.4. The van der Waals surface area contributed by atoms with Crippen molar-refractivity contribution in [3.8, 4) is 10.9 Å². The maximum atomic E-state index is 12.6. The summed E-state index contributed by atoms with van der Waals surface area (Å²) in [5, 5.41) is 13.6. The van der Waals surface area contributed by atoms with E-state index in [4.69, 9.17) is 4.74 Å². The number of nitrogens with one attached hydrogen (secondary N) is 1. The van der Waals surface area contributed by atoms with Crippen molar-refractivity contribution in [1.82, 2.24) is 14.8 Å². The molecule has 4 rings (SSSR count). The van der Waals surface area contributed by atoms with Crippen LogP contribution in [0.3, 0.4) is 0 Å². The zero-order valence-electron chi connectivity index (χ0n) is 16.9. The molecule has 0 radical (unpaired) electrons. The molecule has 0 bridgehead atoms. The standard InChI is InChI=1S/C21H25N5O2S/c1-14-7-8-15(2)26(14)21-24-23-20(29-21)25-11-9-16(10-12-25)19(27)22-17-5-4-6-18(13-17)28-3/h4-8,13,16H,9-12H2,1-3H3,(H,22,27). The van der Waals surface area contributed by atoms with Gasteiger partial charge in [-0.2, -0.15) is 0 Å². The summed E-state index contributed by atoms with van der Waals surface area (Å²) < 4.78 is 7.34. The number of rotatable bonds is 5. The van der Waals surface area contributed by atoms with Crippen molar-refractivity contribution in [2.45, 2.75) is 26.7 Å². The second-order valence-electron chi connectivity index (χ2n) is 7.30. The Balaban J connectivity index is 1.36. The van der Waals surface area contributed by atoms with Crippen molar-refractivity contribution in [3.05, 3.63) is 47.8 Å². The van der Waals surface area contributed by atoms with Crippen LogP contribution in [-0.4, -0.2) is 40.9 Å². The molecule has 1 aromatic carbocycles. The molecule has 1 N–H and O–H groups in total. The Morgan fingerprint density at radius 3 is 2.48 bits per heavy atom. The minimum Gasteiger partial charge on any atom is -0.497 e. The number of nitrogens with zero attached hydrogens (tertiary/aromatic N) is 4. The lowest BCUT2D eigenvalue weighted by Gasteiger charge is -2.30. The molecule has 29 heavy (non-hydrogen) atoms. The molecule has 0 unspecified atom stereocenters. The molecular formula is C21H25N5O2S. The van der Waals surface area contributed by atoms with E-state index in [-0.39, 0.29) is 11.8 Å². The molecule has 3 aromatic rings. The molecule has 1 aliphatic heterocycles. The van der Waals surface area contributed by atoms with Gasteiger partial charge >= 0.3 is 0 Å². The van der Waals surface area contributed by atoms with Crippen molar-refractivity contribution in [2.75, 3.05) is 30.4 Å². The molecule has 152 valence electrons. The Bertz CT molecular complexity index is 985. The van der Waals surface area contributed by atoms with Gasteiger partial charge in [0.1, 0.15) is 5.75 Å². The third kappa shape index (κ3) is 4.12. The summed E-state index contributed by atoms with van der Waals surface area (Å²) in [6.07, 6.45) is 1.60. The number of aryl methyl sites for hydroxylation is 2. The Hall–Kier alpha value is -2.87. The second kappa shape index (κ2) is 8.24. The Morgan fingerprint density at radius 1 is 1.10 bits per heavy atom. The number of hydrogen-bond acceptors (Lipinski definition) is 6. The van der Waals surface area contributed by atoms with Crippen LogP contribution in [-0.2, 0) is 4.79 Å². The highest BCUT2D eigenvalue weighted by Crippen LogP contribution is 2.29. The summed E-state index contributed by atoms with van der Waals surface area (Å²) in [5.41, 5.74) is 3.07. The highest BCUT2D eigenvalue weighted by Gasteiger charge is 2.27. The van der Waals surface area contributed by atoms with E-state index < -0.39 is 0 Å². The second-order valence-corrected chi connectivity index (χ2v) is 8.24. The molecule has 2 aromatic heterocycles. The Morgan fingerprint density at radius 2 is 1.79 bits per heavy atom. The number of methoxy groups -OCH3 is 1. The van der Waals surface area contributed by atoms with Gasteiger partial charge in [-0.15, -0.1) is 10.2 Å². The van der Waals surface area contributed by atoms with Crippen LogP contribution >= 0.6 is 11.3 Å². The van der Waals surface area contributed by atoms with Crippen LogP contribution < -0.4 is 15.0 Å². The van der Waals surface area contributed by atoms with E-state index in [1.54, 1.807) is 18.4 Å². The molecular weight excluding hydrogens is 386 g/mol. The quantitative estimate of drug-likeness (QED) is 0.691. The summed E-state index contributed by atoms with van der Waals surface area (Å²) in [5.74, 6) is 0.797. The highest BCUT2D eigenvalue weighted by atomic mass is 32.1. The molecule has 1 saturated heterocycles.